The van der Waals surface area contributed by atoms with E-state index in [1.165, 1.54) is 0 Å². The Balaban J connectivity index is 1.94. The second kappa shape index (κ2) is 0.959. The van der Waals surface area contributed by atoms with Crippen LogP contribution in [0.2, 0.25) is 0 Å². The molecule has 5 aliphatic rings. The number of hydrogen-bond donors (Lipinski definition) is 2. The molecule has 2 N–H and O–H groups in total. The van der Waals surface area contributed by atoms with E-state index < -0.39 is 17.5 Å². The molecule has 0 aromatic rings. The van der Waals surface area contributed by atoms with Gasteiger partial charge >= 0.3 is 5.97 Å². The normalized spacial score (nSPS) is 78.6. The van der Waals surface area contributed by atoms with Crippen LogP contribution in [0.4, 0.5) is 0 Å². The number of hydrogen-bond acceptors (Lipinski definition) is 2. The number of carboxylic acids is 1. The summed E-state index contributed by atoms with van der Waals surface area (Å²) >= 11 is 0. The van der Waals surface area contributed by atoms with Crippen LogP contribution in [0.3, 0.4) is 0 Å². The van der Waals surface area contributed by atoms with Crippen molar-refractivity contribution in [1.82, 2.24) is 0 Å². The summed E-state index contributed by atoms with van der Waals surface area (Å²) in [6.45, 7) is 0. The van der Waals surface area contributed by atoms with Crippen LogP contribution in [0.1, 0.15) is 0 Å². The summed E-state index contributed by atoms with van der Waals surface area (Å²) in [6, 6.07) is 0. The molecule has 0 spiro atoms. The second-order valence-electron chi connectivity index (χ2n) is 4.47. The van der Waals surface area contributed by atoms with Crippen molar-refractivity contribution in [2.75, 3.05) is 0 Å². The van der Waals surface area contributed by atoms with Gasteiger partial charge in [-0.15, -0.1) is 0 Å². The average Bonchev–Trinajstić information content (AvgIpc) is 2.57. The fourth-order valence-corrected chi connectivity index (χ4v) is 4.32. The SMILES string of the molecule is O=C(O)C12[C@@H]3[C@H]4C([C@@H]4[C@@H]31)[C@H]2O. The number of aliphatic carboxylic acids is 1. The van der Waals surface area contributed by atoms with Crippen molar-refractivity contribution >= 4 is 5.97 Å². The Kier molecular flexibility index (Phi) is 0.448. The molecule has 3 nitrogen and oxygen atoms in total. The standard InChI is InChI=1S/C8H8O3/c9-6-3-1-2(3)5-4(1)8(5,6)7(10)11/h1-6,9H,(H,10,11)/t1-,2-,3?,4-,5+,6-,8?/m1/s1. The van der Waals surface area contributed by atoms with E-state index in [4.69, 9.17) is 5.11 Å². The highest BCUT2D eigenvalue weighted by Crippen LogP contribution is 2.97. The van der Waals surface area contributed by atoms with Crippen LogP contribution in [-0.2, 0) is 4.79 Å². The quantitative estimate of drug-likeness (QED) is 0.535. The Morgan fingerprint density at radius 3 is 1.91 bits per heavy atom. The topological polar surface area (TPSA) is 57.5 Å². The highest BCUT2D eigenvalue weighted by atomic mass is 16.4. The predicted octanol–water partition coefficient (Wildman–Crippen LogP) is -0.446. The molecule has 0 aromatic carbocycles. The maximum Gasteiger partial charge on any atom is 0.312 e. The molecule has 0 amide bonds. The zero-order chi connectivity index (χ0) is 7.54. The minimum Gasteiger partial charge on any atom is -0.481 e. The summed E-state index contributed by atoms with van der Waals surface area (Å²) in [5, 5.41) is 18.5. The molecule has 0 saturated heterocycles. The van der Waals surface area contributed by atoms with Crippen molar-refractivity contribution in [3.8, 4) is 0 Å². The molecular weight excluding hydrogens is 144 g/mol. The molecule has 11 heavy (non-hydrogen) atoms. The average molecular weight is 152 g/mol. The monoisotopic (exact) mass is 152 g/mol. The van der Waals surface area contributed by atoms with Crippen molar-refractivity contribution in [2.24, 2.45) is 35.0 Å². The van der Waals surface area contributed by atoms with Gasteiger partial charge in [-0.1, -0.05) is 0 Å². The first kappa shape index (κ1) is 5.14. The Labute approximate surface area is 63.0 Å². The van der Waals surface area contributed by atoms with Crippen molar-refractivity contribution in [3.05, 3.63) is 0 Å². The van der Waals surface area contributed by atoms with E-state index in [1.807, 2.05) is 0 Å². The molecule has 5 fully saturated rings. The smallest absolute Gasteiger partial charge is 0.312 e. The lowest BCUT2D eigenvalue weighted by Gasteiger charge is -2.10. The fourth-order valence-electron chi connectivity index (χ4n) is 4.32. The van der Waals surface area contributed by atoms with Gasteiger partial charge in [-0.3, -0.25) is 4.79 Å². The lowest BCUT2D eigenvalue weighted by Crippen LogP contribution is -2.28. The third kappa shape index (κ3) is 0.231. The van der Waals surface area contributed by atoms with E-state index in [9.17, 15) is 9.90 Å². The van der Waals surface area contributed by atoms with Gasteiger partial charge in [0.25, 0.3) is 0 Å². The molecule has 5 saturated carbocycles. The first-order valence-corrected chi connectivity index (χ1v) is 4.14. The Bertz CT molecular complexity index is 282. The van der Waals surface area contributed by atoms with E-state index in [0.29, 0.717) is 29.6 Å². The van der Waals surface area contributed by atoms with E-state index in [-0.39, 0.29) is 0 Å². The Morgan fingerprint density at radius 2 is 1.73 bits per heavy atom. The van der Waals surface area contributed by atoms with Crippen molar-refractivity contribution in [2.45, 2.75) is 6.10 Å². The number of rotatable bonds is 1. The van der Waals surface area contributed by atoms with Crippen LogP contribution < -0.4 is 0 Å². The minimum absolute atomic E-state index is 0.380. The van der Waals surface area contributed by atoms with Crippen molar-refractivity contribution in [1.29, 1.82) is 0 Å². The van der Waals surface area contributed by atoms with Crippen molar-refractivity contribution in [3.63, 3.8) is 0 Å². The van der Waals surface area contributed by atoms with Gasteiger partial charge in [0, 0.05) is 0 Å². The molecule has 7 atom stereocenters. The molecule has 2 bridgehead atoms. The van der Waals surface area contributed by atoms with E-state index in [2.05, 4.69) is 0 Å². The van der Waals surface area contributed by atoms with Crippen LogP contribution in [0.25, 0.3) is 0 Å². The van der Waals surface area contributed by atoms with Gasteiger partial charge in [-0.2, -0.15) is 0 Å². The third-order valence-electron chi connectivity index (χ3n) is 4.63. The largest absolute Gasteiger partial charge is 0.481 e. The second-order valence-corrected chi connectivity index (χ2v) is 4.47. The summed E-state index contributed by atoms with van der Waals surface area (Å²) in [5.74, 6) is 1.64. The van der Waals surface area contributed by atoms with Gasteiger partial charge in [0.15, 0.2) is 0 Å². The number of aliphatic hydroxyl groups is 1. The third-order valence-corrected chi connectivity index (χ3v) is 4.63. The number of aliphatic hydroxyl groups excluding tert-OH is 1. The Morgan fingerprint density at radius 1 is 1.18 bits per heavy atom. The molecular formula is C8H8O3. The molecule has 5 aliphatic carbocycles. The molecule has 58 valence electrons. The summed E-state index contributed by atoms with van der Waals surface area (Å²) in [5.41, 5.74) is -0.639. The van der Waals surface area contributed by atoms with Gasteiger partial charge in [0.2, 0.25) is 0 Å². The van der Waals surface area contributed by atoms with Gasteiger partial charge < -0.3 is 10.2 Å². The van der Waals surface area contributed by atoms with Crippen LogP contribution in [0, 0.1) is 35.0 Å². The lowest BCUT2D eigenvalue weighted by atomic mass is 10.0. The minimum atomic E-state index is -0.743. The fraction of sp³-hybridized carbons (Fsp3) is 0.875. The summed E-state index contributed by atoms with van der Waals surface area (Å²) < 4.78 is 0. The van der Waals surface area contributed by atoms with Crippen LogP contribution in [0.5, 0.6) is 0 Å². The number of carbonyl (C=O) groups is 1. The van der Waals surface area contributed by atoms with Gasteiger partial charge in [-0.25, -0.2) is 0 Å². The maximum absolute atomic E-state index is 10.9. The van der Waals surface area contributed by atoms with Gasteiger partial charge in [0.1, 0.15) is 5.41 Å². The summed E-state index contributed by atoms with van der Waals surface area (Å²) in [6.07, 6.45) is -0.495. The van der Waals surface area contributed by atoms with Crippen LogP contribution in [0.15, 0.2) is 0 Å². The molecule has 0 heterocycles. The van der Waals surface area contributed by atoms with Gasteiger partial charge in [-0.05, 0) is 29.6 Å². The molecule has 3 heteroatoms. The Hall–Kier alpha value is -0.570. The highest BCUT2D eigenvalue weighted by Gasteiger charge is 3.01. The zero-order valence-corrected chi connectivity index (χ0v) is 5.77. The summed E-state index contributed by atoms with van der Waals surface area (Å²) in [4.78, 5) is 10.9. The summed E-state index contributed by atoms with van der Waals surface area (Å²) in [7, 11) is 0. The van der Waals surface area contributed by atoms with E-state index in [1.54, 1.807) is 0 Å². The molecule has 2 unspecified atom stereocenters. The predicted molar refractivity (Wildman–Crippen MR) is 33.5 cm³/mol. The molecule has 5 rings (SSSR count). The van der Waals surface area contributed by atoms with Crippen LogP contribution in [-0.4, -0.2) is 22.3 Å². The zero-order valence-electron chi connectivity index (χ0n) is 5.77. The first-order valence-electron chi connectivity index (χ1n) is 4.14. The van der Waals surface area contributed by atoms with E-state index in [0.717, 1.165) is 0 Å². The van der Waals surface area contributed by atoms with E-state index >= 15 is 0 Å². The first-order chi connectivity index (χ1) is 5.22. The van der Waals surface area contributed by atoms with Crippen LogP contribution >= 0.6 is 0 Å². The molecule has 0 radical (unpaired) electrons. The highest BCUT2D eigenvalue weighted by molar-refractivity contribution is 5.85. The lowest BCUT2D eigenvalue weighted by molar-refractivity contribution is -0.147. The molecule has 0 aliphatic heterocycles. The maximum atomic E-state index is 10.9. The number of carboxylic acid groups (broad SMARTS) is 1. The molecule has 0 aromatic heterocycles. The van der Waals surface area contributed by atoms with Crippen molar-refractivity contribution < 1.29 is 15.0 Å². The van der Waals surface area contributed by atoms with Gasteiger partial charge in [0.05, 0.1) is 6.10 Å².